The van der Waals surface area contributed by atoms with Crippen molar-refractivity contribution in [2.24, 2.45) is 0 Å². The lowest BCUT2D eigenvalue weighted by molar-refractivity contribution is 0.476. The van der Waals surface area contributed by atoms with Gasteiger partial charge in [-0.3, -0.25) is 4.68 Å². The predicted octanol–water partition coefficient (Wildman–Crippen LogP) is 3.78. The van der Waals surface area contributed by atoms with Crippen LogP contribution in [0.1, 0.15) is 38.7 Å². The van der Waals surface area contributed by atoms with Crippen LogP contribution in [0.5, 0.6) is 0 Å². The molecule has 1 heterocycles. The third kappa shape index (κ3) is 4.12. The summed E-state index contributed by atoms with van der Waals surface area (Å²) in [5.41, 5.74) is 0.518. The highest BCUT2D eigenvalue weighted by atomic mass is 19.1. The van der Waals surface area contributed by atoms with Gasteiger partial charge >= 0.3 is 0 Å². The van der Waals surface area contributed by atoms with Gasteiger partial charge < -0.3 is 0 Å². The van der Waals surface area contributed by atoms with Crippen molar-refractivity contribution >= 4 is 0 Å². The van der Waals surface area contributed by atoms with Gasteiger partial charge in [-0.25, -0.2) is 13.8 Å². The number of aromatic nitrogens is 3. The molecule has 1 aromatic carbocycles. The quantitative estimate of drug-likeness (QED) is 0.844. The first-order valence-corrected chi connectivity index (χ1v) is 6.48. The summed E-state index contributed by atoms with van der Waals surface area (Å²) in [6.07, 6.45) is 3.78. The molecule has 0 radical (unpaired) electrons. The number of rotatable bonds is 4. The maximum atomic E-state index is 13.6. The minimum atomic E-state index is -0.554. The summed E-state index contributed by atoms with van der Waals surface area (Å²) in [7, 11) is 0. The topological polar surface area (TPSA) is 30.7 Å². The second-order valence-electron chi connectivity index (χ2n) is 3.89. The SMILES string of the molecule is CC.CCC(Cn1cncn1)c1ccc(F)cc1F. The van der Waals surface area contributed by atoms with Crippen LogP contribution in [0.25, 0.3) is 0 Å². The fourth-order valence-electron chi connectivity index (χ4n) is 1.83. The van der Waals surface area contributed by atoms with E-state index in [0.717, 1.165) is 12.5 Å². The van der Waals surface area contributed by atoms with E-state index in [1.54, 1.807) is 11.0 Å². The number of hydrogen-bond acceptors (Lipinski definition) is 2. The first-order valence-electron chi connectivity index (χ1n) is 6.48. The fraction of sp³-hybridized carbons (Fsp3) is 0.429. The van der Waals surface area contributed by atoms with Gasteiger partial charge in [0.05, 0.1) is 0 Å². The highest BCUT2D eigenvalue weighted by Gasteiger charge is 2.15. The Morgan fingerprint density at radius 3 is 2.53 bits per heavy atom. The zero-order valence-electron chi connectivity index (χ0n) is 11.5. The molecule has 104 valence electrons. The summed E-state index contributed by atoms with van der Waals surface area (Å²) in [6.45, 7) is 6.50. The second kappa shape index (κ2) is 7.61. The summed E-state index contributed by atoms with van der Waals surface area (Å²) in [6, 6.07) is 3.69. The Bertz CT molecular complexity index is 483. The molecule has 0 saturated carbocycles. The van der Waals surface area contributed by atoms with E-state index < -0.39 is 11.6 Å². The van der Waals surface area contributed by atoms with Gasteiger partial charge in [0.15, 0.2) is 0 Å². The maximum Gasteiger partial charge on any atom is 0.137 e. The molecule has 0 aliphatic heterocycles. The van der Waals surface area contributed by atoms with Gasteiger partial charge in [0.2, 0.25) is 0 Å². The molecule has 0 saturated heterocycles. The Balaban J connectivity index is 0.000000861. The maximum absolute atomic E-state index is 13.6. The number of nitrogens with zero attached hydrogens (tertiary/aromatic N) is 3. The zero-order chi connectivity index (χ0) is 14.3. The Labute approximate surface area is 112 Å². The summed E-state index contributed by atoms with van der Waals surface area (Å²) in [4.78, 5) is 3.84. The first-order chi connectivity index (χ1) is 9.20. The molecule has 19 heavy (non-hydrogen) atoms. The standard InChI is InChI=1S/C12H13F2N3.C2H6/c1-2-9(6-17-8-15-7-16-17)11-4-3-10(13)5-12(11)14;1-2/h3-5,7-9H,2,6H2,1H3;1-2H3. The second-order valence-corrected chi connectivity index (χ2v) is 3.89. The largest absolute Gasteiger partial charge is 0.252 e. The van der Waals surface area contributed by atoms with Crippen LogP contribution in [-0.4, -0.2) is 14.8 Å². The zero-order valence-corrected chi connectivity index (χ0v) is 11.5. The van der Waals surface area contributed by atoms with Crippen molar-refractivity contribution in [3.05, 3.63) is 48.1 Å². The van der Waals surface area contributed by atoms with Gasteiger partial charge in [-0.2, -0.15) is 5.10 Å². The molecular formula is C14H19F2N3. The number of benzene rings is 1. The van der Waals surface area contributed by atoms with Crippen LogP contribution < -0.4 is 0 Å². The minimum absolute atomic E-state index is 0.0303. The molecule has 0 fully saturated rings. The van der Waals surface area contributed by atoms with E-state index in [4.69, 9.17) is 0 Å². The lowest BCUT2D eigenvalue weighted by Gasteiger charge is -2.15. The van der Waals surface area contributed by atoms with Crippen LogP contribution in [0, 0.1) is 11.6 Å². The van der Waals surface area contributed by atoms with Crippen molar-refractivity contribution in [3.63, 3.8) is 0 Å². The molecule has 1 atom stereocenters. The Kier molecular flexibility index (Phi) is 6.12. The van der Waals surface area contributed by atoms with Crippen LogP contribution in [0.15, 0.2) is 30.9 Å². The molecular weight excluding hydrogens is 248 g/mol. The van der Waals surface area contributed by atoms with E-state index in [2.05, 4.69) is 10.1 Å². The Morgan fingerprint density at radius 1 is 1.26 bits per heavy atom. The van der Waals surface area contributed by atoms with Crippen molar-refractivity contribution in [2.75, 3.05) is 0 Å². The van der Waals surface area contributed by atoms with E-state index >= 15 is 0 Å². The van der Waals surface area contributed by atoms with E-state index in [9.17, 15) is 8.78 Å². The highest BCUT2D eigenvalue weighted by Crippen LogP contribution is 2.24. The summed E-state index contributed by atoms with van der Waals surface area (Å²) in [5.74, 6) is -1.09. The van der Waals surface area contributed by atoms with Crippen molar-refractivity contribution in [3.8, 4) is 0 Å². The van der Waals surface area contributed by atoms with Crippen molar-refractivity contribution in [2.45, 2.75) is 39.7 Å². The Morgan fingerprint density at radius 2 is 2.00 bits per heavy atom. The van der Waals surface area contributed by atoms with Gasteiger partial charge in [-0.1, -0.05) is 26.8 Å². The van der Waals surface area contributed by atoms with Crippen molar-refractivity contribution in [1.29, 1.82) is 0 Å². The number of halogens is 2. The average molecular weight is 267 g/mol. The highest BCUT2D eigenvalue weighted by molar-refractivity contribution is 5.22. The van der Waals surface area contributed by atoms with Crippen LogP contribution in [-0.2, 0) is 6.54 Å². The van der Waals surface area contributed by atoms with Gasteiger partial charge in [0, 0.05) is 18.5 Å². The molecule has 3 nitrogen and oxygen atoms in total. The lowest BCUT2D eigenvalue weighted by atomic mass is 9.96. The van der Waals surface area contributed by atoms with Crippen LogP contribution >= 0.6 is 0 Å². The summed E-state index contributed by atoms with van der Waals surface area (Å²) in [5, 5.41) is 3.99. The molecule has 2 rings (SSSR count). The lowest BCUT2D eigenvalue weighted by Crippen LogP contribution is -2.10. The predicted molar refractivity (Wildman–Crippen MR) is 70.8 cm³/mol. The van der Waals surface area contributed by atoms with Crippen LogP contribution in [0.4, 0.5) is 8.78 Å². The fourth-order valence-corrected chi connectivity index (χ4v) is 1.83. The third-order valence-corrected chi connectivity index (χ3v) is 2.77. The molecule has 0 N–H and O–H groups in total. The third-order valence-electron chi connectivity index (χ3n) is 2.77. The van der Waals surface area contributed by atoms with Crippen LogP contribution in [0.2, 0.25) is 0 Å². The molecule has 0 bridgehead atoms. The minimum Gasteiger partial charge on any atom is -0.252 e. The van der Waals surface area contributed by atoms with Crippen molar-refractivity contribution < 1.29 is 8.78 Å². The summed E-state index contributed by atoms with van der Waals surface area (Å²) >= 11 is 0. The van der Waals surface area contributed by atoms with E-state index in [0.29, 0.717) is 12.1 Å². The van der Waals surface area contributed by atoms with E-state index in [1.165, 1.54) is 18.5 Å². The van der Waals surface area contributed by atoms with Gasteiger partial charge in [-0.05, 0) is 18.1 Å². The average Bonchev–Trinajstić information content (AvgIpc) is 2.92. The smallest absolute Gasteiger partial charge is 0.137 e. The molecule has 0 amide bonds. The van der Waals surface area contributed by atoms with Crippen molar-refractivity contribution in [1.82, 2.24) is 14.8 Å². The van der Waals surface area contributed by atoms with E-state index in [1.807, 2.05) is 20.8 Å². The molecule has 1 aromatic heterocycles. The molecule has 1 unspecified atom stereocenters. The van der Waals surface area contributed by atoms with Crippen LogP contribution in [0.3, 0.4) is 0 Å². The molecule has 0 aliphatic carbocycles. The molecule has 0 aliphatic rings. The first kappa shape index (κ1) is 15.3. The monoisotopic (exact) mass is 267 g/mol. The number of hydrogen-bond donors (Lipinski definition) is 0. The molecule has 0 spiro atoms. The summed E-state index contributed by atoms with van der Waals surface area (Å²) < 4.78 is 28.1. The van der Waals surface area contributed by atoms with Gasteiger partial charge in [0.1, 0.15) is 24.3 Å². The molecule has 5 heteroatoms. The normalized spacial score (nSPS) is 11.6. The van der Waals surface area contributed by atoms with Gasteiger partial charge in [0.25, 0.3) is 0 Å². The van der Waals surface area contributed by atoms with Gasteiger partial charge in [-0.15, -0.1) is 0 Å². The van der Waals surface area contributed by atoms with E-state index in [-0.39, 0.29) is 5.92 Å². The molecule has 2 aromatic rings. The Hall–Kier alpha value is -1.78.